The quantitative estimate of drug-likeness (QED) is 0.0180. The van der Waals surface area contributed by atoms with E-state index in [9.17, 15) is 43.2 Å². The maximum atomic E-state index is 14.1. The number of hydrogen-bond acceptors (Lipinski definition) is 21. The highest BCUT2D eigenvalue weighted by atomic mass is 32.2. The molecule has 1 aromatic carbocycles. The van der Waals surface area contributed by atoms with Crippen LogP contribution in [0.3, 0.4) is 0 Å². The molecule has 594 valence electrons. The molecule has 2 saturated heterocycles. The minimum atomic E-state index is -0.620. The summed E-state index contributed by atoms with van der Waals surface area (Å²) in [5, 5.41) is 3.28. The van der Waals surface area contributed by atoms with Gasteiger partial charge in [0.25, 0.3) is 0 Å². The van der Waals surface area contributed by atoms with E-state index >= 15 is 0 Å². The Morgan fingerprint density at radius 3 is 1.60 bits per heavy atom. The first-order valence-corrected chi connectivity index (χ1v) is 41.5. The van der Waals surface area contributed by atoms with Gasteiger partial charge in [0.15, 0.2) is 0 Å². The lowest BCUT2D eigenvalue weighted by atomic mass is 9.86. The number of nitrogens with two attached hydrogens (primary N) is 1. The van der Waals surface area contributed by atoms with Crippen LogP contribution in [0, 0.1) is 11.8 Å². The summed E-state index contributed by atoms with van der Waals surface area (Å²) >= 11 is 2.94. The lowest BCUT2D eigenvalue weighted by molar-refractivity contribution is -0.140. The Morgan fingerprint density at radius 1 is 0.615 bits per heavy atom. The zero-order valence-corrected chi connectivity index (χ0v) is 70.0. The molecule has 3 rings (SSSR count). The molecule has 2 aliphatic heterocycles. The zero-order chi connectivity index (χ0) is 77.3. The van der Waals surface area contributed by atoms with Crippen molar-refractivity contribution in [2.45, 2.75) is 222 Å². The Hall–Kier alpha value is -3.62. The van der Waals surface area contributed by atoms with Gasteiger partial charge in [-0.05, 0) is 176 Å². The first-order chi connectivity index (χ1) is 49.3. The van der Waals surface area contributed by atoms with Crippen LogP contribution in [-0.2, 0) is 66.7 Å². The summed E-state index contributed by atoms with van der Waals surface area (Å²) in [6.45, 7) is 22.9. The number of rotatable bonds is 59. The zero-order valence-electron chi connectivity index (χ0n) is 64.9. The summed E-state index contributed by atoms with van der Waals surface area (Å²) in [6, 6.07) is 6.87. The molecule has 0 radical (unpaired) electrons. The number of amides is 8. The SMILES string of the molecule is BC(=O)OC(CCCC(=O)N(CCCCCCSC1CC(=O)N(CCC(=O)NCCCOCC(CC(C)(P)OCC)C(C)(C)OCC)C1=O)CCCCCCSC1CC(=O)N(CCC(=O)NCCCOCC(CC(C)(P)OCN)C(C)(P)OCC)C1=O)c1ccc(OC(=O)N(C)CCCN(C)C)cc1. The smallest absolute Gasteiger partial charge is 0.414 e. The fourth-order valence-electron chi connectivity index (χ4n) is 12.4. The number of unbranched alkanes of at least 4 members (excludes halogenated alkanes) is 6. The lowest BCUT2D eigenvalue weighted by Crippen LogP contribution is -2.41. The van der Waals surface area contributed by atoms with Crippen LogP contribution in [0.25, 0.3) is 0 Å². The van der Waals surface area contributed by atoms with Gasteiger partial charge in [0, 0.05) is 130 Å². The molecule has 31 heteroatoms. The van der Waals surface area contributed by atoms with Crippen LogP contribution in [0.2, 0.25) is 0 Å². The van der Waals surface area contributed by atoms with Crippen molar-refractivity contribution < 1.29 is 81.0 Å². The number of ether oxygens (including phenoxy) is 8. The average molecular weight is 1560 g/mol. The highest BCUT2D eigenvalue weighted by Crippen LogP contribution is 2.40. The van der Waals surface area contributed by atoms with Crippen LogP contribution in [-0.4, -0.2) is 256 Å². The maximum absolute atomic E-state index is 14.1. The second kappa shape index (κ2) is 51.0. The van der Waals surface area contributed by atoms with Crippen molar-refractivity contribution in [1.29, 1.82) is 0 Å². The van der Waals surface area contributed by atoms with Crippen LogP contribution in [0.4, 0.5) is 9.59 Å². The molecule has 2 fully saturated rings. The van der Waals surface area contributed by atoms with E-state index in [2.05, 4.69) is 52.2 Å². The Bertz CT molecular complexity index is 2630. The Morgan fingerprint density at radius 2 is 1.11 bits per heavy atom. The van der Waals surface area contributed by atoms with E-state index in [1.807, 2.05) is 65.4 Å². The number of likely N-dealkylation sites (tertiary alicyclic amines) is 2. The molecule has 0 saturated carbocycles. The molecular formula is C73H130BN8O17P3S2. The molecule has 0 aliphatic carbocycles. The molecule has 11 atom stereocenters. The molecule has 0 spiro atoms. The van der Waals surface area contributed by atoms with Gasteiger partial charge in [-0.3, -0.25) is 48.2 Å². The third-order valence-electron chi connectivity index (χ3n) is 18.4. The Labute approximate surface area is 638 Å². The first-order valence-electron chi connectivity index (χ1n) is 37.6. The molecule has 11 unspecified atom stereocenters. The van der Waals surface area contributed by atoms with E-state index in [0.717, 1.165) is 70.8 Å². The van der Waals surface area contributed by atoms with Crippen molar-refractivity contribution >= 4 is 112 Å². The largest absolute Gasteiger partial charge is 0.466 e. The first kappa shape index (κ1) is 94.6. The van der Waals surface area contributed by atoms with Crippen LogP contribution < -0.4 is 21.1 Å². The number of carbonyl (C=O) groups excluding carboxylic acids is 9. The van der Waals surface area contributed by atoms with Gasteiger partial charge in [-0.15, -0.1) is 51.2 Å². The van der Waals surface area contributed by atoms with Gasteiger partial charge in [0.2, 0.25) is 55.1 Å². The van der Waals surface area contributed by atoms with Gasteiger partial charge in [0.05, 0.1) is 52.1 Å². The van der Waals surface area contributed by atoms with Crippen LogP contribution in [0.1, 0.15) is 195 Å². The monoisotopic (exact) mass is 1560 g/mol. The molecular weight excluding hydrogens is 1430 g/mol. The summed E-state index contributed by atoms with van der Waals surface area (Å²) in [5.74, 6) is -0.244. The molecule has 2 aliphatic rings. The lowest BCUT2D eigenvalue weighted by Gasteiger charge is -2.38. The van der Waals surface area contributed by atoms with E-state index in [4.69, 9.17) is 43.6 Å². The van der Waals surface area contributed by atoms with Gasteiger partial charge in [-0.25, -0.2) is 4.79 Å². The van der Waals surface area contributed by atoms with Gasteiger partial charge in [-0.2, -0.15) is 0 Å². The third kappa shape index (κ3) is 38.2. The average Bonchev–Trinajstić information content (AvgIpc) is 1.74. The predicted molar refractivity (Wildman–Crippen MR) is 424 cm³/mol. The number of thioether (sulfide) groups is 2. The van der Waals surface area contributed by atoms with Crippen molar-refractivity contribution in [3.8, 4) is 5.75 Å². The molecule has 8 amide bonds. The minimum Gasteiger partial charge on any atom is -0.466 e. The third-order valence-corrected chi connectivity index (χ3v) is 22.4. The summed E-state index contributed by atoms with van der Waals surface area (Å²) < 4.78 is 47.1. The fraction of sp³-hybridized carbons (Fsp3) is 0.795. The van der Waals surface area contributed by atoms with Gasteiger partial charge in [0.1, 0.15) is 11.9 Å². The van der Waals surface area contributed by atoms with Crippen molar-refractivity contribution in [3.05, 3.63) is 29.8 Å². The van der Waals surface area contributed by atoms with E-state index in [0.29, 0.717) is 134 Å². The second-order valence-corrected chi connectivity index (χ2v) is 34.7. The second-order valence-electron chi connectivity index (χ2n) is 28.5. The molecule has 1 aromatic rings. The molecule has 2 heterocycles. The topological polar surface area (TPSA) is 294 Å². The van der Waals surface area contributed by atoms with Gasteiger partial charge < -0.3 is 69.0 Å². The summed E-state index contributed by atoms with van der Waals surface area (Å²) in [7, 11) is 15.3. The standard InChI is InChI=1S/C73H130BN8O17P3S2/c1-12-94-70(4,5)55(49-71(6,100)95-13-2)51-92-43-24-35-76-61(83)33-41-81-64(86)47-59(66(81)88)103-45-21-17-15-19-39-80(63(85)28-23-27-58(99-68(74)90)54-29-31-57(32-30-54)98-69(91)79(11)38-26-37-78(9)10)40-20-16-18-22-46-104-60-48-65(87)82(67(60)89)42-34-62(84)77-36-25-44-93-52-56(73(8,102)96-14-3)50-72(7,101)97-53-75/h29-32,55-56,58-60H,12-28,33-53,74-75,100-102H2,1-11H3,(H,76,83)(H,77,84). The number of nitrogens with zero attached hydrogens (tertiary/aromatic N) is 5. The molecule has 25 nitrogen and oxygen atoms in total. The molecule has 0 bridgehead atoms. The minimum absolute atomic E-state index is 0.00101. The molecule has 0 aromatic heterocycles. The molecule has 104 heavy (non-hydrogen) atoms. The van der Waals surface area contributed by atoms with Crippen molar-refractivity contribution in [2.24, 2.45) is 17.6 Å². The summed E-state index contributed by atoms with van der Waals surface area (Å²) in [4.78, 5) is 125. The number of nitrogens with one attached hydrogen (secondary N) is 2. The summed E-state index contributed by atoms with van der Waals surface area (Å²) in [5.41, 5.74) is 5.95. The van der Waals surface area contributed by atoms with Crippen molar-refractivity contribution in [1.82, 2.24) is 35.1 Å². The van der Waals surface area contributed by atoms with Crippen LogP contribution in [0.5, 0.6) is 5.75 Å². The van der Waals surface area contributed by atoms with E-state index in [1.54, 1.807) is 31.3 Å². The van der Waals surface area contributed by atoms with Crippen LogP contribution >= 0.6 is 51.2 Å². The van der Waals surface area contributed by atoms with Crippen LogP contribution in [0.15, 0.2) is 24.3 Å². The van der Waals surface area contributed by atoms with Crippen molar-refractivity contribution in [3.63, 3.8) is 0 Å². The van der Waals surface area contributed by atoms with Gasteiger partial charge in [-0.1, -0.05) is 37.8 Å². The highest BCUT2D eigenvalue weighted by Gasteiger charge is 2.41. The Balaban J connectivity index is 1.47. The maximum Gasteiger partial charge on any atom is 0.414 e. The number of hydrogen-bond donors (Lipinski definition) is 3. The number of benzene rings is 1. The highest BCUT2D eigenvalue weighted by molar-refractivity contribution is 8.00. The fourth-order valence-corrected chi connectivity index (χ4v) is 16.0. The Kier molecular flexibility index (Phi) is 46.4. The summed E-state index contributed by atoms with van der Waals surface area (Å²) in [6.07, 6.45) is 10.1. The molecule has 4 N–H and O–H groups in total. The van der Waals surface area contributed by atoms with Gasteiger partial charge >= 0.3 is 6.09 Å². The predicted octanol–water partition coefficient (Wildman–Crippen LogP) is 9.15. The van der Waals surface area contributed by atoms with E-state index in [1.165, 1.54) is 46.1 Å². The number of imide groups is 2. The van der Waals surface area contributed by atoms with Crippen molar-refractivity contribution in [2.75, 3.05) is 138 Å². The van der Waals surface area contributed by atoms with E-state index in [-0.39, 0.29) is 105 Å². The normalized spacial score (nSPS) is 17.5. The van der Waals surface area contributed by atoms with E-state index < -0.39 is 50.2 Å². The number of carbonyl (C=O) groups is 9.